The first-order chi connectivity index (χ1) is 12.2. The summed E-state index contributed by atoms with van der Waals surface area (Å²) in [4.78, 5) is 1.36. The molecule has 1 atom stereocenters. The van der Waals surface area contributed by atoms with Gasteiger partial charge >= 0.3 is 0 Å². The summed E-state index contributed by atoms with van der Waals surface area (Å²) in [6, 6.07) is 15.9. The molecule has 134 valence electrons. The van der Waals surface area contributed by atoms with Crippen LogP contribution in [0.4, 0.5) is 5.69 Å². The number of anilines is 1. The summed E-state index contributed by atoms with van der Waals surface area (Å²) >= 11 is 1.84. The molecule has 1 aliphatic heterocycles. The Kier molecular flexibility index (Phi) is 6.44. The van der Waals surface area contributed by atoms with Gasteiger partial charge in [0.2, 0.25) is 0 Å². The molecule has 0 aromatic heterocycles. The van der Waals surface area contributed by atoms with Crippen molar-refractivity contribution >= 4 is 17.6 Å². The number of para-hydroxylation sites is 1. The van der Waals surface area contributed by atoms with Crippen molar-refractivity contribution in [3.8, 4) is 0 Å². The summed E-state index contributed by atoms with van der Waals surface area (Å²) < 4.78 is 2.30. The Morgan fingerprint density at radius 1 is 1.00 bits per heavy atom. The van der Waals surface area contributed by atoms with Gasteiger partial charge in [0.25, 0.3) is 0 Å². The van der Waals surface area contributed by atoms with E-state index in [0.29, 0.717) is 0 Å². The molecule has 3 rings (SSSR count). The molecule has 0 radical (unpaired) electrons. The van der Waals surface area contributed by atoms with Crippen LogP contribution in [-0.2, 0) is 0 Å². The minimum absolute atomic E-state index is 0.274. The fourth-order valence-corrected chi connectivity index (χ4v) is 4.63. The third-order valence-electron chi connectivity index (χ3n) is 4.93. The van der Waals surface area contributed by atoms with Gasteiger partial charge in [-0.25, -0.2) is 0 Å². The van der Waals surface area contributed by atoms with Gasteiger partial charge in [0.15, 0.2) is 0 Å². The number of aryl methyl sites for hydroxylation is 1. The second kappa shape index (κ2) is 8.77. The molecule has 0 fully saturated rings. The third kappa shape index (κ3) is 4.39. The zero-order valence-electron chi connectivity index (χ0n) is 15.7. The lowest BCUT2D eigenvalue weighted by Crippen LogP contribution is -2.24. The first-order valence-electron chi connectivity index (χ1n) is 9.55. The van der Waals surface area contributed by atoms with E-state index >= 15 is 0 Å². The average Bonchev–Trinajstić information content (AvgIpc) is 2.73. The van der Waals surface area contributed by atoms with Crippen LogP contribution in [-0.4, -0.2) is 13.6 Å². The highest BCUT2D eigenvalue weighted by atomic mass is 32.2. The Labute approximate surface area is 157 Å². The van der Waals surface area contributed by atoms with Gasteiger partial charge in [-0.15, -0.1) is 0 Å². The van der Waals surface area contributed by atoms with Crippen LogP contribution in [0, 0.1) is 6.92 Å². The number of benzene rings is 2. The van der Waals surface area contributed by atoms with Crippen LogP contribution in [0.15, 0.2) is 47.4 Å². The molecule has 2 aromatic carbocycles. The maximum atomic E-state index is 3.85. The number of nitrogens with one attached hydrogen (secondary N) is 1. The normalized spacial score (nSPS) is 16.3. The van der Waals surface area contributed by atoms with Crippen molar-refractivity contribution in [2.24, 2.45) is 0 Å². The Bertz CT molecular complexity index is 698. The monoisotopic (exact) mass is 354 g/mol. The topological polar surface area (TPSA) is 15.3 Å². The lowest BCUT2D eigenvalue weighted by molar-refractivity contribution is 0.545. The van der Waals surface area contributed by atoms with E-state index in [9.17, 15) is 0 Å². The first kappa shape index (κ1) is 18.3. The molecule has 0 bridgehead atoms. The van der Waals surface area contributed by atoms with Crippen LogP contribution in [0.3, 0.4) is 0 Å². The van der Waals surface area contributed by atoms with Gasteiger partial charge in [-0.3, -0.25) is 0 Å². The second-order valence-electron chi connectivity index (χ2n) is 6.99. The summed E-state index contributed by atoms with van der Waals surface area (Å²) in [6.45, 7) is 5.52. The maximum Gasteiger partial charge on any atom is 0.0609 e. The molecule has 1 aliphatic rings. The van der Waals surface area contributed by atoms with Crippen molar-refractivity contribution in [3.05, 3.63) is 59.2 Å². The van der Waals surface area contributed by atoms with E-state index in [4.69, 9.17) is 0 Å². The lowest BCUT2D eigenvalue weighted by atomic mass is 9.96. The zero-order valence-corrected chi connectivity index (χ0v) is 16.5. The molecule has 0 saturated carbocycles. The number of hydrogen-bond donors (Lipinski definition) is 1. The molecule has 0 aliphatic carbocycles. The van der Waals surface area contributed by atoms with Crippen LogP contribution in [0.25, 0.3) is 0 Å². The number of rotatable bonds is 7. The number of fused-ring (bicyclic) bond motifs is 2. The molecule has 3 heteroatoms. The Morgan fingerprint density at radius 3 is 2.64 bits per heavy atom. The highest BCUT2D eigenvalue weighted by Gasteiger charge is 2.25. The van der Waals surface area contributed by atoms with Crippen LogP contribution < -0.4 is 9.62 Å². The van der Waals surface area contributed by atoms with Crippen molar-refractivity contribution in [2.75, 3.05) is 17.9 Å². The number of nitrogens with zero attached hydrogens (tertiary/aromatic N) is 1. The third-order valence-corrected chi connectivity index (χ3v) is 5.95. The lowest BCUT2D eigenvalue weighted by Gasteiger charge is -2.22. The highest BCUT2D eigenvalue weighted by Crippen LogP contribution is 2.43. The summed E-state index contributed by atoms with van der Waals surface area (Å²) in [5.74, 6) is 0. The van der Waals surface area contributed by atoms with E-state index in [0.717, 1.165) is 6.54 Å². The smallest absolute Gasteiger partial charge is 0.0609 e. The van der Waals surface area contributed by atoms with Crippen LogP contribution in [0.2, 0.25) is 0 Å². The fraction of sp³-hybridized carbons (Fsp3) is 0.455. The van der Waals surface area contributed by atoms with Crippen LogP contribution >= 0.6 is 11.9 Å². The van der Waals surface area contributed by atoms with E-state index in [1.165, 1.54) is 59.4 Å². The van der Waals surface area contributed by atoms with Gasteiger partial charge in [0, 0.05) is 11.9 Å². The minimum atomic E-state index is 0.274. The van der Waals surface area contributed by atoms with E-state index in [2.05, 4.69) is 73.0 Å². The first-order valence-corrected chi connectivity index (χ1v) is 10.3. The molecule has 25 heavy (non-hydrogen) atoms. The van der Waals surface area contributed by atoms with Gasteiger partial charge in [-0.05, 0) is 60.7 Å². The zero-order chi connectivity index (χ0) is 17.6. The van der Waals surface area contributed by atoms with Crippen molar-refractivity contribution in [3.63, 3.8) is 0 Å². The van der Waals surface area contributed by atoms with Crippen LogP contribution in [0.5, 0.6) is 0 Å². The summed E-state index contributed by atoms with van der Waals surface area (Å²) in [5, 5.41) is 3.85. The summed E-state index contributed by atoms with van der Waals surface area (Å²) in [5.41, 5.74) is 5.42. The molecule has 2 aromatic rings. The van der Waals surface area contributed by atoms with Crippen molar-refractivity contribution in [1.29, 1.82) is 0 Å². The highest BCUT2D eigenvalue weighted by molar-refractivity contribution is 8.00. The van der Waals surface area contributed by atoms with E-state index in [1.807, 2.05) is 11.9 Å². The standard InChI is InChI=1S/C22H30N2S/c1-4-5-6-7-10-15-23-22-18-11-8-9-12-20(18)24(3)25-21-16-17(2)13-14-19(21)22/h8-9,11-14,16,22-23H,4-7,10,15H2,1-3H3. The van der Waals surface area contributed by atoms with E-state index < -0.39 is 0 Å². The fourth-order valence-electron chi connectivity index (χ4n) is 3.54. The predicted octanol–water partition coefficient (Wildman–Crippen LogP) is 6.10. The summed E-state index contributed by atoms with van der Waals surface area (Å²) in [7, 11) is 2.17. The number of unbranched alkanes of at least 4 members (excludes halogenated alkanes) is 4. The minimum Gasteiger partial charge on any atom is -0.315 e. The molecule has 0 spiro atoms. The second-order valence-corrected chi connectivity index (χ2v) is 8.16. The van der Waals surface area contributed by atoms with Gasteiger partial charge in [0.1, 0.15) is 0 Å². The summed E-state index contributed by atoms with van der Waals surface area (Å²) in [6.07, 6.45) is 6.59. The van der Waals surface area contributed by atoms with Gasteiger partial charge in [-0.1, -0.05) is 62.9 Å². The SMILES string of the molecule is CCCCCCCNC1c2ccc(C)cc2SN(C)c2ccccc21. The van der Waals surface area contributed by atoms with Crippen molar-refractivity contribution < 1.29 is 0 Å². The van der Waals surface area contributed by atoms with Gasteiger partial charge in [0.05, 0.1) is 11.7 Å². The number of hydrogen-bond acceptors (Lipinski definition) is 3. The van der Waals surface area contributed by atoms with Crippen molar-refractivity contribution in [2.45, 2.75) is 56.9 Å². The largest absolute Gasteiger partial charge is 0.315 e. The Balaban J connectivity index is 1.83. The predicted molar refractivity (Wildman–Crippen MR) is 110 cm³/mol. The molecular weight excluding hydrogens is 324 g/mol. The molecule has 0 saturated heterocycles. The molecular formula is C22H30N2S. The molecule has 1 unspecified atom stereocenters. The molecule has 1 N–H and O–H groups in total. The maximum absolute atomic E-state index is 3.85. The van der Waals surface area contributed by atoms with E-state index in [-0.39, 0.29) is 6.04 Å². The van der Waals surface area contributed by atoms with Crippen molar-refractivity contribution in [1.82, 2.24) is 5.32 Å². The molecule has 2 nitrogen and oxygen atoms in total. The van der Waals surface area contributed by atoms with Crippen LogP contribution in [0.1, 0.15) is 61.8 Å². The average molecular weight is 355 g/mol. The molecule has 0 amide bonds. The Hall–Kier alpha value is -1.45. The molecule has 1 heterocycles. The quantitative estimate of drug-likeness (QED) is 0.477. The van der Waals surface area contributed by atoms with E-state index in [1.54, 1.807) is 0 Å². The van der Waals surface area contributed by atoms with Gasteiger partial charge < -0.3 is 9.62 Å². The Morgan fingerprint density at radius 2 is 1.80 bits per heavy atom. The van der Waals surface area contributed by atoms with Gasteiger partial charge in [-0.2, -0.15) is 0 Å².